The van der Waals surface area contributed by atoms with Gasteiger partial charge in [0.05, 0.1) is 5.41 Å². The molecule has 1 saturated carbocycles. The van der Waals surface area contributed by atoms with Crippen LogP contribution in [0.15, 0.2) is 24.3 Å². The molecule has 0 aliphatic heterocycles. The van der Waals surface area contributed by atoms with Gasteiger partial charge in [-0.1, -0.05) is 36.6 Å². The lowest BCUT2D eigenvalue weighted by Crippen LogP contribution is -2.40. The Labute approximate surface area is 125 Å². The van der Waals surface area contributed by atoms with Crippen LogP contribution in [0.1, 0.15) is 44.2 Å². The number of rotatable bonds is 5. The van der Waals surface area contributed by atoms with E-state index < -0.39 is 11.4 Å². The van der Waals surface area contributed by atoms with Crippen LogP contribution in [0.4, 0.5) is 0 Å². The van der Waals surface area contributed by atoms with Crippen LogP contribution in [-0.2, 0) is 4.79 Å². The maximum absolute atomic E-state index is 11.6. The topological polar surface area (TPSA) is 40.5 Å². The molecule has 4 heteroatoms. The van der Waals surface area contributed by atoms with Gasteiger partial charge >= 0.3 is 5.97 Å². The lowest BCUT2D eigenvalue weighted by Gasteiger charge is -2.33. The minimum Gasteiger partial charge on any atom is -0.481 e. The first-order chi connectivity index (χ1) is 9.44. The number of carboxylic acid groups (broad SMARTS) is 1. The quantitative estimate of drug-likeness (QED) is 0.893. The number of carbonyl (C=O) groups is 1. The van der Waals surface area contributed by atoms with E-state index in [9.17, 15) is 9.90 Å². The summed E-state index contributed by atoms with van der Waals surface area (Å²) >= 11 is 6.03. The minimum atomic E-state index is -0.653. The number of aliphatic carboxylic acids is 1. The summed E-state index contributed by atoms with van der Waals surface area (Å²) in [6, 6.07) is 7.93. The molecule has 1 fully saturated rings. The van der Waals surface area contributed by atoms with E-state index in [0.717, 1.165) is 36.3 Å². The van der Waals surface area contributed by atoms with Crippen molar-refractivity contribution < 1.29 is 9.90 Å². The molecule has 0 bridgehead atoms. The van der Waals surface area contributed by atoms with Crippen molar-refractivity contribution in [2.75, 3.05) is 13.6 Å². The van der Waals surface area contributed by atoms with Crippen molar-refractivity contribution in [1.29, 1.82) is 0 Å². The second-order valence-corrected chi connectivity index (χ2v) is 6.38. The van der Waals surface area contributed by atoms with E-state index in [0.29, 0.717) is 6.54 Å². The van der Waals surface area contributed by atoms with E-state index in [1.807, 2.05) is 31.3 Å². The Morgan fingerprint density at radius 3 is 2.65 bits per heavy atom. The van der Waals surface area contributed by atoms with E-state index in [4.69, 9.17) is 11.6 Å². The molecule has 1 N–H and O–H groups in total. The highest BCUT2D eigenvalue weighted by Gasteiger charge is 2.42. The summed E-state index contributed by atoms with van der Waals surface area (Å²) in [7, 11) is 1.99. The Morgan fingerprint density at radius 2 is 2.10 bits per heavy atom. The zero-order valence-electron chi connectivity index (χ0n) is 12.1. The standard InChI is InChI=1S/C16H22ClNO2/c1-12(13-6-5-7-14(17)10-13)18(2)11-16(15(19)20)8-3-4-9-16/h5-7,10,12H,3-4,8-9,11H2,1-2H3,(H,19,20). The van der Waals surface area contributed by atoms with Gasteiger partial charge in [-0.25, -0.2) is 0 Å². The molecule has 1 aliphatic rings. The Morgan fingerprint density at radius 1 is 1.45 bits per heavy atom. The van der Waals surface area contributed by atoms with Crippen molar-refractivity contribution >= 4 is 17.6 Å². The molecule has 1 aromatic rings. The van der Waals surface area contributed by atoms with E-state index in [-0.39, 0.29) is 6.04 Å². The maximum atomic E-state index is 11.6. The molecule has 110 valence electrons. The zero-order valence-corrected chi connectivity index (χ0v) is 12.9. The van der Waals surface area contributed by atoms with Crippen LogP contribution in [0, 0.1) is 5.41 Å². The molecule has 1 aromatic carbocycles. The smallest absolute Gasteiger partial charge is 0.310 e. The molecule has 1 unspecified atom stereocenters. The highest BCUT2D eigenvalue weighted by molar-refractivity contribution is 6.30. The number of hydrogen-bond donors (Lipinski definition) is 1. The van der Waals surface area contributed by atoms with Gasteiger partial charge in [0.2, 0.25) is 0 Å². The van der Waals surface area contributed by atoms with E-state index in [1.54, 1.807) is 0 Å². The molecule has 20 heavy (non-hydrogen) atoms. The molecule has 3 nitrogen and oxygen atoms in total. The second kappa shape index (κ2) is 6.15. The molecule has 0 radical (unpaired) electrons. The van der Waals surface area contributed by atoms with Crippen molar-refractivity contribution in [3.05, 3.63) is 34.9 Å². The van der Waals surface area contributed by atoms with Gasteiger partial charge in [0.25, 0.3) is 0 Å². The number of hydrogen-bond acceptors (Lipinski definition) is 2. The van der Waals surface area contributed by atoms with Crippen LogP contribution in [0.5, 0.6) is 0 Å². The van der Waals surface area contributed by atoms with E-state index >= 15 is 0 Å². The Kier molecular flexibility index (Phi) is 4.71. The molecule has 1 atom stereocenters. The zero-order chi connectivity index (χ0) is 14.8. The van der Waals surface area contributed by atoms with Gasteiger partial charge in [0.1, 0.15) is 0 Å². The van der Waals surface area contributed by atoms with Crippen molar-refractivity contribution in [2.24, 2.45) is 5.41 Å². The average molecular weight is 296 g/mol. The van der Waals surface area contributed by atoms with Crippen molar-refractivity contribution in [1.82, 2.24) is 4.90 Å². The van der Waals surface area contributed by atoms with E-state index in [1.165, 1.54) is 0 Å². The fourth-order valence-corrected chi connectivity index (χ4v) is 3.33. The van der Waals surface area contributed by atoms with Crippen LogP contribution in [0.25, 0.3) is 0 Å². The summed E-state index contributed by atoms with van der Waals surface area (Å²) in [4.78, 5) is 13.8. The summed E-state index contributed by atoms with van der Waals surface area (Å²) in [5.74, 6) is -0.653. The van der Waals surface area contributed by atoms with Crippen LogP contribution >= 0.6 is 11.6 Å². The summed E-state index contributed by atoms with van der Waals surface area (Å²) < 4.78 is 0. The van der Waals surface area contributed by atoms with Gasteiger partial charge < -0.3 is 5.11 Å². The predicted molar refractivity (Wildman–Crippen MR) is 81.0 cm³/mol. The largest absolute Gasteiger partial charge is 0.481 e. The van der Waals surface area contributed by atoms with Crippen molar-refractivity contribution in [3.63, 3.8) is 0 Å². The Hall–Kier alpha value is -1.06. The molecule has 2 rings (SSSR count). The lowest BCUT2D eigenvalue weighted by atomic mass is 9.85. The first kappa shape index (κ1) is 15.3. The summed E-state index contributed by atoms with van der Waals surface area (Å²) in [5, 5.41) is 10.3. The van der Waals surface area contributed by atoms with Crippen molar-refractivity contribution in [3.8, 4) is 0 Å². The summed E-state index contributed by atoms with van der Waals surface area (Å²) in [5.41, 5.74) is 0.556. The first-order valence-electron chi connectivity index (χ1n) is 7.14. The molecule has 0 spiro atoms. The second-order valence-electron chi connectivity index (χ2n) is 5.94. The molecular formula is C16H22ClNO2. The lowest BCUT2D eigenvalue weighted by molar-refractivity contribution is -0.150. The van der Waals surface area contributed by atoms with E-state index in [2.05, 4.69) is 11.8 Å². The fraction of sp³-hybridized carbons (Fsp3) is 0.562. The monoisotopic (exact) mass is 295 g/mol. The highest BCUT2D eigenvalue weighted by atomic mass is 35.5. The normalized spacial score (nSPS) is 19.2. The summed E-state index contributed by atoms with van der Waals surface area (Å²) in [6.45, 7) is 2.69. The van der Waals surface area contributed by atoms with Crippen molar-refractivity contribution in [2.45, 2.75) is 38.6 Å². The number of carboxylic acids is 1. The molecule has 0 saturated heterocycles. The van der Waals surface area contributed by atoms with Crippen LogP contribution in [0.3, 0.4) is 0 Å². The highest BCUT2D eigenvalue weighted by Crippen LogP contribution is 2.40. The maximum Gasteiger partial charge on any atom is 0.310 e. The molecule has 1 aliphatic carbocycles. The fourth-order valence-electron chi connectivity index (χ4n) is 3.13. The number of benzene rings is 1. The predicted octanol–water partition coefficient (Wildman–Crippen LogP) is 3.98. The third-order valence-corrected chi connectivity index (χ3v) is 4.79. The third-order valence-electron chi connectivity index (χ3n) is 4.56. The van der Waals surface area contributed by atoms with Crippen LogP contribution in [-0.4, -0.2) is 29.6 Å². The number of halogens is 1. The third kappa shape index (κ3) is 3.15. The van der Waals surface area contributed by atoms with Crippen LogP contribution in [0.2, 0.25) is 5.02 Å². The van der Waals surface area contributed by atoms with Gasteiger partial charge in [-0.2, -0.15) is 0 Å². The van der Waals surface area contributed by atoms with Gasteiger partial charge in [-0.05, 0) is 44.5 Å². The molecule has 0 aromatic heterocycles. The number of nitrogens with zero attached hydrogens (tertiary/aromatic N) is 1. The average Bonchev–Trinajstić information content (AvgIpc) is 2.87. The molecule has 0 amide bonds. The van der Waals surface area contributed by atoms with Gasteiger partial charge in [0.15, 0.2) is 0 Å². The van der Waals surface area contributed by atoms with Gasteiger partial charge in [-0.15, -0.1) is 0 Å². The molecular weight excluding hydrogens is 274 g/mol. The summed E-state index contributed by atoms with van der Waals surface area (Å²) in [6.07, 6.45) is 3.61. The van der Waals surface area contributed by atoms with Gasteiger partial charge in [0, 0.05) is 17.6 Å². The molecule has 0 heterocycles. The Bertz CT molecular complexity index is 483. The minimum absolute atomic E-state index is 0.158. The SMILES string of the molecule is CC(c1cccc(Cl)c1)N(C)CC1(C(=O)O)CCCC1. The van der Waals surface area contributed by atoms with Crippen LogP contribution < -0.4 is 0 Å². The Balaban J connectivity index is 2.11. The first-order valence-corrected chi connectivity index (χ1v) is 7.51. The van der Waals surface area contributed by atoms with Gasteiger partial charge in [-0.3, -0.25) is 9.69 Å².